The van der Waals surface area contributed by atoms with Gasteiger partial charge in [-0.15, -0.1) is 0 Å². The molecule has 94 valence electrons. The Morgan fingerprint density at radius 1 is 1.28 bits per heavy atom. The zero-order valence-corrected chi connectivity index (χ0v) is 11.0. The molecule has 0 radical (unpaired) electrons. The van der Waals surface area contributed by atoms with E-state index in [1.54, 1.807) is 0 Å². The van der Waals surface area contributed by atoms with Crippen LogP contribution in [0.3, 0.4) is 0 Å². The second kappa shape index (κ2) is 4.38. The first-order chi connectivity index (χ1) is 8.48. The van der Waals surface area contributed by atoms with E-state index in [4.69, 9.17) is 11.0 Å². The van der Waals surface area contributed by atoms with Gasteiger partial charge in [0.15, 0.2) is 0 Å². The Morgan fingerprint density at radius 2 is 1.94 bits per heavy atom. The fraction of sp³-hybridized carbons (Fsp3) is 0.571. The van der Waals surface area contributed by atoms with Gasteiger partial charge in [-0.25, -0.2) is 0 Å². The quantitative estimate of drug-likeness (QED) is 0.714. The molecule has 0 saturated carbocycles. The topological polar surface area (TPSA) is 76.8 Å². The summed E-state index contributed by atoms with van der Waals surface area (Å²) in [7, 11) is 0. The maximum Gasteiger partial charge on any atom is 0.117 e. The molecule has 1 saturated heterocycles. The van der Waals surface area contributed by atoms with Crippen molar-refractivity contribution in [3.8, 4) is 12.1 Å². The fourth-order valence-corrected chi connectivity index (χ4v) is 2.63. The molecule has 0 aromatic rings. The van der Waals surface area contributed by atoms with Crippen LogP contribution in [-0.4, -0.2) is 18.0 Å². The highest BCUT2D eigenvalue weighted by Crippen LogP contribution is 2.44. The van der Waals surface area contributed by atoms with E-state index in [1.165, 1.54) is 6.42 Å². The molecule has 0 spiro atoms. The third-order valence-corrected chi connectivity index (χ3v) is 3.69. The highest BCUT2D eigenvalue weighted by atomic mass is 15.2. The summed E-state index contributed by atoms with van der Waals surface area (Å²) in [6.07, 6.45) is 2.76. The Bertz CT molecular complexity index is 507. The van der Waals surface area contributed by atoms with Crippen molar-refractivity contribution in [1.82, 2.24) is 4.90 Å². The lowest BCUT2D eigenvalue weighted by atomic mass is 9.73. The minimum Gasteiger partial charge on any atom is -0.390 e. The van der Waals surface area contributed by atoms with E-state index in [0.29, 0.717) is 12.0 Å². The molecule has 2 aliphatic rings. The Hall–Kier alpha value is -1.94. The van der Waals surface area contributed by atoms with Gasteiger partial charge >= 0.3 is 0 Å². The number of nitrogens with zero attached hydrogens (tertiary/aromatic N) is 3. The molecule has 0 unspecified atom stereocenters. The Kier molecular flexibility index (Phi) is 3.05. The van der Waals surface area contributed by atoms with Crippen LogP contribution < -0.4 is 5.73 Å². The summed E-state index contributed by atoms with van der Waals surface area (Å²) in [5.74, 6) is 0. The van der Waals surface area contributed by atoms with E-state index in [-0.39, 0.29) is 11.1 Å². The van der Waals surface area contributed by atoms with Crippen molar-refractivity contribution in [1.29, 1.82) is 10.5 Å². The van der Waals surface area contributed by atoms with Gasteiger partial charge in [-0.1, -0.05) is 13.8 Å². The third-order valence-electron chi connectivity index (χ3n) is 3.69. The maximum atomic E-state index is 9.38. The van der Waals surface area contributed by atoms with Crippen LogP contribution in [0.4, 0.5) is 0 Å². The highest BCUT2D eigenvalue weighted by molar-refractivity contribution is 5.52. The predicted molar refractivity (Wildman–Crippen MR) is 68.7 cm³/mol. The number of likely N-dealkylation sites (tertiary alicyclic amines) is 1. The normalized spacial score (nSPS) is 25.0. The average molecular weight is 242 g/mol. The van der Waals surface area contributed by atoms with Crippen molar-refractivity contribution in [2.75, 3.05) is 13.1 Å². The van der Waals surface area contributed by atoms with Gasteiger partial charge in [-0.3, -0.25) is 0 Å². The van der Waals surface area contributed by atoms with Crippen LogP contribution in [0, 0.1) is 28.1 Å². The molecule has 0 aromatic carbocycles. The van der Waals surface area contributed by atoms with Crippen molar-refractivity contribution in [2.24, 2.45) is 11.1 Å². The second-order valence-electron chi connectivity index (χ2n) is 5.80. The van der Waals surface area contributed by atoms with E-state index in [1.807, 2.05) is 6.07 Å². The maximum absolute atomic E-state index is 9.38. The molecular weight excluding hydrogens is 224 g/mol. The van der Waals surface area contributed by atoms with Gasteiger partial charge in [0.05, 0.1) is 5.57 Å². The number of nitriles is 2. The van der Waals surface area contributed by atoms with E-state index >= 15 is 0 Å². The van der Waals surface area contributed by atoms with Gasteiger partial charge in [0, 0.05) is 24.4 Å². The van der Waals surface area contributed by atoms with Crippen LogP contribution in [0.25, 0.3) is 0 Å². The summed E-state index contributed by atoms with van der Waals surface area (Å²) in [4.78, 5) is 2.24. The standard InChI is InChI=1S/C14H18N4/c1-14(2)6-10(12(17)9-16)11(8-15)13(7-14)18-4-3-5-18/h3-7,17H2,1-2H3/b12-10+. The van der Waals surface area contributed by atoms with Gasteiger partial charge < -0.3 is 10.6 Å². The second-order valence-corrected chi connectivity index (χ2v) is 5.80. The summed E-state index contributed by atoms with van der Waals surface area (Å²) in [5.41, 5.74) is 8.46. The van der Waals surface area contributed by atoms with Crippen molar-refractivity contribution in [3.05, 3.63) is 22.5 Å². The van der Waals surface area contributed by atoms with Crippen LogP contribution >= 0.6 is 0 Å². The Morgan fingerprint density at radius 3 is 2.39 bits per heavy atom. The molecule has 1 fully saturated rings. The number of rotatable bonds is 1. The van der Waals surface area contributed by atoms with Crippen molar-refractivity contribution in [3.63, 3.8) is 0 Å². The molecule has 2 rings (SSSR count). The van der Waals surface area contributed by atoms with Crippen LogP contribution in [0.2, 0.25) is 0 Å². The Balaban J connectivity index is 2.54. The zero-order valence-electron chi connectivity index (χ0n) is 11.0. The molecule has 1 heterocycles. The first kappa shape index (κ1) is 12.5. The van der Waals surface area contributed by atoms with Gasteiger partial charge in [-0.2, -0.15) is 10.5 Å². The number of allylic oxidation sites excluding steroid dienone is 4. The summed E-state index contributed by atoms with van der Waals surface area (Å²) in [5, 5.41) is 18.4. The summed E-state index contributed by atoms with van der Waals surface area (Å²) >= 11 is 0. The number of hydrogen-bond acceptors (Lipinski definition) is 4. The minimum absolute atomic E-state index is 0.0576. The van der Waals surface area contributed by atoms with Crippen molar-refractivity contribution < 1.29 is 0 Å². The molecule has 0 atom stereocenters. The van der Waals surface area contributed by atoms with Crippen LogP contribution in [0.5, 0.6) is 0 Å². The molecule has 1 aliphatic carbocycles. The molecule has 0 bridgehead atoms. The zero-order chi connectivity index (χ0) is 13.3. The minimum atomic E-state index is 0.0576. The van der Waals surface area contributed by atoms with Gasteiger partial charge in [-0.05, 0) is 24.7 Å². The number of nitrogens with two attached hydrogens (primary N) is 1. The van der Waals surface area contributed by atoms with Gasteiger partial charge in [0.2, 0.25) is 0 Å². The lowest BCUT2D eigenvalue weighted by molar-refractivity contribution is 0.196. The lowest BCUT2D eigenvalue weighted by Gasteiger charge is -2.42. The fourth-order valence-electron chi connectivity index (χ4n) is 2.63. The molecule has 4 heteroatoms. The van der Waals surface area contributed by atoms with Crippen LogP contribution in [0.15, 0.2) is 22.5 Å². The Labute approximate surface area is 108 Å². The predicted octanol–water partition coefficient (Wildman–Crippen LogP) is 2.03. The summed E-state index contributed by atoms with van der Waals surface area (Å²) < 4.78 is 0. The van der Waals surface area contributed by atoms with E-state index in [9.17, 15) is 5.26 Å². The SMILES string of the molecule is CC1(C)CC(N2CCC2)=C(C#N)/C(=C(/N)C#N)C1. The van der Waals surface area contributed by atoms with E-state index in [0.717, 1.165) is 30.8 Å². The average Bonchev–Trinajstić information content (AvgIpc) is 2.24. The highest BCUT2D eigenvalue weighted by Gasteiger charge is 2.35. The molecule has 1 aliphatic heterocycles. The molecular formula is C14H18N4. The summed E-state index contributed by atoms with van der Waals surface area (Å²) in [6.45, 7) is 6.34. The third kappa shape index (κ3) is 2.07. The molecule has 2 N–H and O–H groups in total. The first-order valence-electron chi connectivity index (χ1n) is 6.26. The monoisotopic (exact) mass is 242 g/mol. The summed E-state index contributed by atoms with van der Waals surface area (Å²) in [6, 6.07) is 4.24. The molecule has 0 amide bonds. The lowest BCUT2D eigenvalue weighted by Crippen LogP contribution is -2.40. The number of hydrogen-bond donors (Lipinski definition) is 1. The molecule has 18 heavy (non-hydrogen) atoms. The van der Waals surface area contributed by atoms with Crippen molar-refractivity contribution >= 4 is 0 Å². The van der Waals surface area contributed by atoms with Gasteiger partial charge in [0.1, 0.15) is 17.8 Å². The van der Waals surface area contributed by atoms with Crippen molar-refractivity contribution in [2.45, 2.75) is 33.1 Å². The van der Waals surface area contributed by atoms with Crippen LogP contribution in [0.1, 0.15) is 33.1 Å². The van der Waals surface area contributed by atoms with Gasteiger partial charge in [0.25, 0.3) is 0 Å². The van der Waals surface area contributed by atoms with E-state index < -0.39 is 0 Å². The van der Waals surface area contributed by atoms with Crippen LogP contribution in [-0.2, 0) is 0 Å². The van der Waals surface area contributed by atoms with E-state index in [2.05, 4.69) is 24.8 Å². The molecule has 0 aromatic heterocycles. The largest absolute Gasteiger partial charge is 0.390 e. The smallest absolute Gasteiger partial charge is 0.117 e. The molecule has 4 nitrogen and oxygen atoms in total. The first-order valence-corrected chi connectivity index (χ1v) is 6.26.